The van der Waals surface area contributed by atoms with E-state index in [0.29, 0.717) is 28.2 Å². The zero-order valence-corrected chi connectivity index (χ0v) is 14.1. The average molecular weight is 342 g/mol. The predicted octanol–water partition coefficient (Wildman–Crippen LogP) is 3.75. The molecular weight excluding hydrogens is 325 g/mol. The summed E-state index contributed by atoms with van der Waals surface area (Å²) in [6.07, 6.45) is 0. The Kier molecular flexibility index (Phi) is 5.45. The van der Waals surface area contributed by atoms with Gasteiger partial charge in [-0.05, 0) is 32.5 Å². The first kappa shape index (κ1) is 16.8. The number of carbonyl (C=O) groups excluding carboxylic acids is 1. The minimum Gasteiger partial charge on any atom is -0.360 e. The summed E-state index contributed by atoms with van der Waals surface area (Å²) in [5.74, 6) is 0.875. The fourth-order valence-corrected chi connectivity index (χ4v) is 2.31. The van der Waals surface area contributed by atoms with Crippen LogP contribution < -0.4 is 5.32 Å². The van der Waals surface area contributed by atoms with Crippen molar-refractivity contribution >= 4 is 34.9 Å². The quantitative estimate of drug-likeness (QED) is 0.899. The van der Waals surface area contributed by atoms with E-state index in [2.05, 4.69) is 10.5 Å². The van der Waals surface area contributed by atoms with Crippen molar-refractivity contribution in [3.05, 3.63) is 45.6 Å². The Morgan fingerprint density at radius 1 is 1.45 bits per heavy atom. The average Bonchev–Trinajstić information content (AvgIpc) is 2.88. The highest BCUT2D eigenvalue weighted by atomic mass is 35.5. The number of carbonyl (C=O) groups is 1. The van der Waals surface area contributed by atoms with Crippen LogP contribution in [0.3, 0.4) is 0 Å². The smallest absolute Gasteiger partial charge is 0.242 e. The van der Waals surface area contributed by atoms with E-state index in [4.69, 9.17) is 27.7 Å². The van der Waals surface area contributed by atoms with Crippen LogP contribution >= 0.6 is 23.2 Å². The van der Waals surface area contributed by atoms with Crippen molar-refractivity contribution in [2.45, 2.75) is 26.4 Å². The number of hydrogen-bond donors (Lipinski definition) is 1. The number of aromatic nitrogens is 1. The summed E-state index contributed by atoms with van der Waals surface area (Å²) in [6, 6.07) is 6.75. The van der Waals surface area contributed by atoms with Crippen molar-refractivity contribution in [2.75, 3.05) is 12.4 Å². The molecule has 1 amide bonds. The number of anilines is 1. The number of likely N-dealkylation sites (N-methyl/N-ethyl adjacent to an activating group) is 1. The second kappa shape index (κ2) is 7.13. The van der Waals surface area contributed by atoms with Crippen LogP contribution in [0.1, 0.15) is 18.2 Å². The maximum atomic E-state index is 12.2. The molecule has 0 bridgehead atoms. The summed E-state index contributed by atoms with van der Waals surface area (Å²) in [5, 5.41) is 7.47. The zero-order chi connectivity index (χ0) is 16.3. The highest BCUT2D eigenvalue weighted by Crippen LogP contribution is 2.26. The molecule has 0 fully saturated rings. The van der Waals surface area contributed by atoms with Gasteiger partial charge in [-0.2, -0.15) is 0 Å². The molecule has 22 heavy (non-hydrogen) atoms. The van der Waals surface area contributed by atoms with Crippen molar-refractivity contribution in [1.82, 2.24) is 10.1 Å². The fourth-order valence-electron chi connectivity index (χ4n) is 1.93. The van der Waals surface area contributed by atoms with Crippen molar-refractivity contribution in [3.8, 4) is 0 Å². The van der Waals surface area contributed by atoms with Crippen LogP contribution in [0.25, 0.3) is 0 Å². The van der Waals surface area contributed by atoms with Gasteiger partial charge in [-0.25, -0.2) is 0 Å². The van der Waals surface area contributed by atoms with Gasteiger partial charge in [-0.3, -0.25) is 9.69 Å². The Morgan fingerprint density at radius 2 is 2.18 bits per heavy atom. The SMILES string of the molecule is Cc1cc(NC(=O)[C@@H](C)N(C)Cc2cccc(Cl)c2Cl)no1. The van der Waals surface area contributed by atoms with Crippen LogP contribution in [0, 0.1) is 6.92 Å². The summed E-state index contributed by atoms with van der Waals surface area (Å²) < 4.78 is 4.92. The van der Waals surface area contributed by atoms with Gasteiger partial charge in [0.25, 0.3) is 0 Å². The number of nitrogens with zero attached hydrogens (tertiary/aromatic N) is 2. The van der Waals surface area contributed by atoms with E-state index >= 15 is 0 Å². The van der Waals surface area contributed by atoms with Crippen molar-refractivity contribution in [1.29, 1.82) is 0 Å². The molecule has 0 spiro atoms. The van der Waals surface area contributed by atoms with Crippen LogP contribution in [-0.2, 0) is 11.3 Å². The monoisotopic (exact) mass is 341 g/mol. The molecule has 0 aliphatic carbocycles. The largest absolute Gasteiger partial charge is 0.360 e. The number of nitrogens with one attached hydrogen (secondary N) is 1. The summed E-state index contributed by atoms with van der Waals surface area (Å²) in [6.45, 7) is 4.08. The van der Waals surface area contributed by atoms with E-state index in [-0.39, 0.29) is 11.9 Å². The number of halogens is 2. The molecule has 0 saturated heterocycles. The Labute approximate surface area is 139 Å². The van der Waals surface area contributed by atoms with Gasteiger partial charge in [-0.15, -0.1) is 0 Å². The Balaban J connectivity index is 2.00. The van der Waals surface area contributed by atoms with Gasteiger partial charge >= 0.3 is 0 Å². The summed E-state index contributed by atoms with van der Waals surface area (Å²) in [7, 11) is 1.84. The highest BCUT2D eigenvalue weighted by Gasteiger charge is 2.20. The Bertz CT molecular complexity index is 673. The summed E-state index contributed by atoms with van der Waals surface area (Å²) >= 11 is 12.2. The zero-order valence-electron chi connectivity index (χ0n) is 12.6. The van der Waals surface area contributed by atoms with Crippen molar-refractivity contribution in [2.24, 2.45) is 0 Å². The molecular formula is C15H17Cl2N3O2. The number of hydrogen-bond acceptors (Lipinski definition) is 4. The van der Waals surface area contributed by atoms with E-state index in [9.17, 15) is 4.79 Å². The van der Waals surface area contributed by atoms with Gasteiger partial charge in [-0.1, -0.05) is 40.5 Å². The van der Waals surface area contributed by atoms with Crippen LogP contribution in [-0.4, -0.2) is 29.1 Å². The molecule has 1 N–H and O–H groups in total. The van der Waals surface area contributed by atoms with Gasteiger partial charge in [0.1, 0.15) is 5.76 Å². The van der Waals surface area contributed by atoms with Crippen LogP contribution in [0.2, 0.25) is 10.0 Å². The van der Waals surface area contributed by atoms with Gasteiger partial charge in [0, 0.05) is 12.6 Å². The Morgan fingerprint density at radius 3 is 2.82 bits per heavy atom. The van der Waals surface area contributed by atoms with Gasteiger partial charge < -0.3 is 9.84 Å². The Hall–Kier alpha value is -1.56. The maximum Gasteiger partial charge on any atom is 0.242 e. The molecule has 0 aliphatic heterocycles. The molecule has 1 aromatic heterocycles. The summed E-state index contributed by atoms with van der Waals surface area (Å²) in [5.41, 5.74) is 0.869. The molecule has 118 valence electrons. The maximum absolute atomic E-state index is 12.2. The molecule has 0 saturated carbocycles. The number of amides is 1. The van der Waals surface area contributed by atoms with Crippen molar-refractivity contribution < 1.29 is 9.32 Å². The van der Waals surface area contributed by atoms with E-state index in [0.717, 1.165) is 5.56 Å². The van der Waals surface area contributed by atoms with Crippen molar-refractivity contribution in [3.63, 3.8) is 0 Å². The molecule has 2 aromatic rings. The van der Waals surface area contributed by atoms with Gasteiger partial charge in [0.2, 0.25) is 5.91 Å². The second-order valence-corrected chi connectivity index (χ2v) is 5.90. The third-order valence-corrected chi connectivity index (χ3v) is 4.23. The fraction of sp³-hybridized carbons (Fsp3) is 0.333. The number of aryl methyl sites for hydroxylation is 1. The minimum absolute atomic E-state index is 0.172. The molecule has 1 atom stereocenters. The van der Waals surface area contributed by atoms with Gasteiger partial charge in [0.05, 0.1) is 16.1 Å². The third-order valence-electron chi connectivity index (χ3n) is 3.37. The standard InChI is InChI=1S/C15H17Cl2N3O2/c1-9-7-13(19-22-9)18-15(21)10(2)20(3)8-11-5-4-6-12(16)14(11)17/h4-7,10H,8H2,1-3H3,(H,18,19,21)/t10-/m1/s1. The van der Waals surface area contributed by atoms with E-state index in [1.54, 1.807) is 26.0 Å². The van der Waals surface area contributed by atoms with Crippen LogP contribution in [0.15, 0.2) is 28.8 Å². The molecule has 2 rings (SSSR count). The lowest BCUT2D eigenvalue weighted by Gasteiger charge is -2.24. The van der Waals surface area contributed by atoms with E-state index < -0.39 is 0 Å². The first-order valence-electron chi connectivity index (χ1n) is 6.75. The lowest BCUT2D eigenvalue weighted by atomic mass is 10.2. The summed E-state index contributed by atoms with van der Waals surface area (Å²) in [4.78, 5) is 14.1. The lowest BCUT2D eigenvalue weighted by molar-refractivity contribution is -0.120. The first-order valence-corrected chi connectivity index (χ1v) is 7.51. The topological polar surface area (TPSA) is 58.4 Å². The molecule has 0 radical (unpaired) electrons. The predicted molar refractivity (Wildman–Crippen MR) is 87.3 cm³/mol. The van der Waals surface area contributed by atoms with E-state index in [1.807, 2.05) is 24.1 Å². The van der Waals surface area contributed by atoms with E-state index in [1.165, 1.54) is 0 Å². The minimum atomic E-state index is -0.368. The molecule has 7 heteroatoms. The third kappa shape index (κ3) is 4.00. The molecule has 1 heterocycles. The lowest BCUT2D eigenvalue weighted by Crippen LogP contribution is -2.39. The van der Waals surface area contributed by atoms with Crippen LogP contribution in [0.5, 0.6) is 0 Å². The molecule has 1 aromatic carbocycles. The molecule has 0 aliphatic rings. The highest BCUT2D eigenvalue weighted by molar-refractivity contribution is 6.42. The second-order valence-electron chi connectivity index (χ2n) is 5.12. The normalized spacial score (nSPS) is 12.5. The van der Waals surface area contributed by atoms with Crippen LogP contribution in [0.4, 0.5) is 5.82 Å². The molecule has 5 nitrogen and oxygen atoms in total. The first-order chi connectivity index (χ1) is 10.4. The number of benzene rings is 1. The van der Waals surface area contributed by atoms with Gasteiger partial charge in [0.15, 0.2) is 5.82 Å². The number of rotatable bonds is 5. The molecule has 0 unspecified atom stereocenters.